The summed E-state index contributed by atoms with van der Waals surface area (Å²) in [6.07, 6.45) is 20.6. The zero-order valence-electron chi connectivity index (χ0n) is 12.0. The van der Waals surface area contributed by atoms with Crippen molar-refractivity contribution in [2.45, 2.75) is 83.5 Å². The van der Waals surface area contributed by atoms with Crippen molar-refractivity contribution in [2.75, 3.05) is 0 Å². The molecule has 0 amide bonds. The maximum Gasteiger partial charge on any atom is -0.0210 e. The monoisotopic (exact) mass is 246 g/mol. The SMILES string of the molecule is C1CCC(C2CCCCC2(C2CCC2)C2CC2)C1. The summed E-state index contributed by atoms with van der Waals surface area (Å²) in [5.74, 6) is 4.64. The van der Waals surface area contributed by atoms with Crippen molar-refractivity contribution in [3.05, 3.63) is 0 Å². The smallest absolute Gasteiger partial charge is 0.0210 e. The predicted octanol–water partition coefficient (Wildman–Crippen LogP) is 5.56. The lowest BCUT2D eigenvalue weighted by molar-refractivity contribution is -0.0611. The Morgan fingerprint density at radius 2 is 1.22 bits per heavy atom. The zero-order valence-corrected chi connectivity index (χ0v) is 12.0. The molecule has 0 nitrogen and oxygen atoms in total. The Bertz CT molecular complexity index is 293. The van der Waals surface area contributed by atoms with Gasteiger partial charge in [0.05, 0.1) is 0 Å². The van der Waals surface area contributed by atoms with Crippen molar-refractivity contribution < 1.29 is 0 Å². The second kappa shape index (κ2) is 4.53. The van der Waals surface area contributed by atoms with Gasteiger partial charge in [0.1, 0.15) is 0 Å². The molecule has 102 valence electrons. The summed E-state index contributed by atoms with van der Waals surface area (Å²) in [7, 11) is 0. The fraction of sp³-hybridized carbons (Fsp3) is 1.00. The standard InChI is InChI=1S/C18H30/c1-2-7-14(6-1)17-10-3-4-13-18(17,16-11-12-16)15-8-5-9-15/h14-17H,1-13H2. The topological polar surface area (TPSA) is 0 Å². The summed E-state index contributed by atoms with van der Waals surface area (Å²) in [6, 6.07) is 0. The summed E-state index contributed by atoms with van der Waals surface area (Å²) in [4.78, 5) is 0. The van der Waals surface area contributed by atoms with Gasteiger partial charge in [-0.2, -0.15) is 0 Å². The quantitative estimate of drug-likeness (QED) is 0.611. The molecule has 0 aliphatic heterocycles. The van der Waals surface area contributed by atoms with E-state index in [1.807, 2.05) is 0 Å². The van der Waals surface area contributed by atoms with Gasteiger partial charge in [-0.05, 0) is 67.6 Å². The minimum absolute atomic E-state index is 0.867. The molecule has 0 radical (unpaired) electrons. The lowest BCUT2D eigenvalue weighted by Gasteiger charge is -2.55. The van der Waals surface area contributed by atoms with Crippen molar-refractivity contribution in [2.24, 2.45) is 29.1 Å². The van der Waals surface area contributed by atoms with Crippen molar-refractivity contribution in [1.82, 2.24) is 0 Å². The van der Waals surface area contributed by atoms with E-state index >= 15 is 0 Å². The van der Waals surface area contributed by atoms with Crippen LogP contribution in [0.3, 0.4) is 0 Å². The van der Waals surface area contributed by atoms with Gasteiger partial charge >= 0.3 is 0 Å². The second-order valence-corrected chi connectivity index (χ2v) is 7.91. The van der Waals surface area contributed by atoms with E-state index in [1.54, 1.807) is 83.5 Å². The highest BCUT2D eigenvalue weighted by atomic mass is 14.6. The largest absolute Gasteiger partial charge is 0.0530 e. The predicted molar refractivity (Wildman–Crippen MR) is 76.4 cm³/mol. The molecule has 4 saturated carbocycles. The van der Waals surface area contributed by atoms with Crippen LogP contribution in [-0.2, 0) is 0 Å². The van der Waals surface area contributed by atoms with E-state index < -0.39 is 0 Å². The highest BCUT2D eigenvalue weighted by molar-refractivity contribution is 5.07. The molecule has 0 aromatic carbocycles. The van der Waals surface area contributed by atoms with Gasteiger partial charge in [0.2, 0.25) is 0 Å². The molecule has 2 unspecified atom stereocenters. The molecule has 0 heterocycles. The summed E-state index contributed by atoms with van der Waals surface area (Å²) >= 11 is 0. The number of hydrogen-bond donors (Lipinski definition) is 0. The van der Waals surface area contributed by atoms with Crippen LogP contribution in [0.1, 0.15) is 83.5 Å². The van der Waals surface area contributed by atoms with E-state index in [4.69, 9.17) is 0 Å². The fourth-order valence-electron chi connectivity index (χ4n) is 6.20. The number of rotatable bonds is 3. The van der Waals surface area contributed by atoms with Gasteiger partial charge in [0, 0.05) is 0 Å². The highest BCUT2D eigenvalue weighted by Crippen LogP contribution is 2.66. The molecule has 0 saturated heterocycles. The molecular weight excluding hydrogens is 216 g/mol. The summed E-state index contributed by atoms with van der Waals surface area (Å²) in [6.45, 7) is 0. The summed E-state index contributed by atoms with van der Waals surface area (Å²) in [5.41, 5.74) is 0.867. The first-order valence-electron chi connectivity index (χ1n) is 8.91. The Hall–Kier alpha value is 0. The van der Waals surface area contributed by atoms with E-state index in [1.165, 1.54) is 5.92 Å². The molecule has 0 heteroatoms. The highest BCUT2D eigenvalue weighted by Gasteiger charge is 2.57. The van der Waals surface area contributed by atoms with E-state index in [-0.39, 0.29) is 0 Å². The number of hydrogen-bond acceptors (Lipinski definition) is 0. The van der Waals surface area contributed by atoms with E-state index in [2.05, 4.69) is 0 Å². The minimum atomic E-state index is 0.867. The van der Waals surface area contributed by atoms with Gasteiger partial charge in [-0.1, -0.05) is 44.9 Å². The van der Waals surface area contributed by atoms with Crippen LogP contribution in [0.15, 0.2) is 0 Å². The third-order valence-corrected chi connectivity index (χ3v) is 7.24. The third kappa shape index (κ3) is 1.70. The van der Waals surface area contributed by atoms with Gasteiger partial charge in [-0.15, -0.1) is 0 Å². The molecule has 4 aliphatic rings. The molecule has 4 rings (SSSR count). The van der Waals surface area contributed by atoms with Crippen molar-refractivity contribution in [3.63, 3.8) is 0 Å². The molecule has 18 heavy (non-hydrogen) atoms. The van der Waals surface area contributed by atoms with Crippen LogP contribution in [0.5, 0.6) is 0 Å². The van der Waals surface area contributed by atoms with E-state index in [0.29, 0.717) is 0 Å². The maximum atomic E-state index is 1.63. The van der Waals surface area contributed by atoms with Crippen LogP contribution in [-0.4, -0.2) is 0 Å². The van der Waals surface area contributed by atoms with Gasteiger partial charge < -0.3 is 0 Å². The van der Waals surface area contributed by atoms with Crippen LogP contribution < -0.4 is 0 Å². The first-order chi connectivity index (χ1) is 8.91. The lowest BCUT2D eigenvalue weighted by Crippen LogP contribution is -2.47. The Kier molecular flexibility index (Phi) is 2.97. The van der Waals surface area contributed by atoms with Crippen LogP contribution >= 0.6 is 0 Å². The van der Waals surface area contributed by atoms with Crippen LogP contribution in [0.25, 0.3) is 0 Å². The zero-order chi connectivity index (χ0) is 12.0. The normalized spacial score (nSPS) is 43.0. The Morgan fingerprint density at radius 3 is 1.83 bits per heavy atom. The lowest BCUT2D eigenvalue weighted by atomic mass is 9.49. The summed E-state index contributed by atoms with van der Waals surface area (Å²) < 4.78 is 0. The first-order valence-corrected chi connectivity index (χ1v) is 8.91. The maximum absolute atomic E-state index is 1.63. The van der Waals surface area contributed by atoms with Gasteiger partial charge in [0.15, 0.2) is 0 Å². The van der Waals surface area contributed by atoms with Crippen LogP contribution in [0.2, 0.25) is 0 Å². The average molecular weight is 246 g/mol. The molecule has 0 bridgehead atoms. The molecule has 0 aromatic heterocycles. The fourth-order valence-corrected chi connectivity index (χ4v) is 6.20. The average Bonchev–Trinajstić information content (AvgIpc) is 3.05. The van der Waals surface area contributed by atoms with Gasteiger partial charge in [-0.3, -0.25) is 0 Å². The van der Waals surface area contributed by atoms with Crippen LogP contribution in [0, 0.1) is 29.1 Å². The second-order valence-electron chi connectivity index (χ2n) is 7.91. The third-order valence-electron chi connectivity index (χ3n) is 7.24. The molecular formula is C18H30. The minimum Gasteiger partial charge on any atom is -0.0530 e. The van der Waals surface area contributed by atoms with Crippen molar-refractivity contribution in [3.8, 4) is 0 Å². The molecule has 4 aliphatic carbocycles. The van der Waals surface area contributed by atoms with Crippen molar-refractivity contribution >= 4 is 0 Å². The van der Waals surface area contributed by atoms with Crippen molar-refractivity contribution in [1.29, 1.82) is 0 Å². The Balaban J connectivity index is 1.63. The first kappa shape index (κ1) is 11.8. The van der Waals surface area contributed by atoms with Crippen LogP contribution in [0.4, 0.5) is 0 Å². The molecule has 4 fully saturated rings. The Morgan fingerprint density at radius 1 is 0.556 bits per heavy atom. The Labute approximate surface area is 113 Å². The molecule has 0 aromatic rings. The van der Waals surface area contributed by atoms with E-state index in [9.17, 15) is 0 Å². The van der Waals surface area contributed by atoms with Gasteiger partial charge in [-0.25, -0.2) is 0 Å². The summed E-state index contributed by atoms with van der Waals surface area (Å²) in [5, 5.41) is 0. The molecule has 0 spiro atoms. The molecule has 0 N–H and O–H groups in total. The molecule has 2 atom stereocenters. The van der Waals surface area contributed by atoms with Gasteiger partial charge in [0.25, 0.3) is 0 Å². The van der Waals surface area contributed by atoms with E-state index in [0.717, 1.165) is 23.2 Å².